The van der Waals surface area contributed by atoms with Crippen molar-refractivity contribution in [3.05, 3.63) is 59.9 Å². The Kier molecular flexibility index (Phi) is 7.14. The van der Waals surface area contributed by atoms with Crippen molar-refractivity contribution in [2.75, 3.05) is 7.11 Å². The van der Waals surface area contributed by atoms with E-state index < -0.39 is 0 Å². The van der Waals surface area contributed by atoms with Crippen molar-refractivity contribution in [2.45, 2.75) is 40.0 Å². The maximum Gasteiger partial charge on any atom is 0.111 e. The fourth-order valence-corrected chi connectivity index (χ4v) is 2.58. The molecule has 0 radical (unpaired) electrons. The molecule has 0 aromatic heterocycles. The van der Waals surface area contributed by atoms with Crippen molar-refractivity contribution in [1.29, 1.82) is 0 Å². The molecule has 2 unspecified atom stereocenters. The summed E-state index contributed by atoms with van der Waals surface area (Å²) in [5.74, 6) is 1.88. The van der Waals surface area contributed by atoms with Crippen LogP contribution in [0.4, 0.5) is 0 Å². The maximum atomic E-state index is 5.10. The number of ether oxygens (including phenoxy) is 1. The lowest BCUT2D eigenvalue weighted by Gasteiger charge is -2.22. The Bertz CT molecular complexity index is 435. The van der Waals surface area contributed by atoms with Gasteiger partial charge < -0.3 is 4.74 Å². The van der Waals surface area contributed by atoms with E-state index in [4.69, 9.17) is 4.74 Å². The van der Waals surface area contributed by atoms with Crippen LogP contribution in [0.3, 0.4) is 0 Å². The summed E-state index contributed by atoms with van der Waals surface area (Å²) in [5, 5.41) is 0. The second kappa shape index (κ2) is 8.63. The first kappa shape index (κ1) is 16.6. The lowest BCUT2D eigenvalue weighted by Crippen LogP contribution is -2.08. The molecular formula is C19H28O. The van der Waals surface area contributed by atoms with E-state index in [1.807, 2.05) is 6.08 Å². The molecule has 0 amide bonds. The molecule has 1 aliphatic rings. The quantitative estimate of drug-likeness (QED) is 0.434. The topological polar surface area (TPSA) is 9.23 Å². The minimum atomic E-state index is 0.468. The van der Waals surface area contributed by atoms with Gasteiger partial charge in [0.25, 0.3) is 0 Å². The van der Waals surface area contributed by atoms with Crippen LogP contribution in [-0.2, 0) is 4.74 Å². The maximum absolute atomic E-state index is 5.10. The third-order valence-electron chi connectivity index (χ3n) is 4.01. The highest BCUT2D eigenvalue weighted by molar-refractivity contribution is 5.37. The van der Waals surface area contributed by atoms with E-state index in [0.717, 1.165) is 6.42 Å². The predicted octanol–water partition coefficient (Wildman–Crippen LogP) is 5.59. The van der Waals surface area contributed by atoms with Crippen molar-refractivity contribution < 1.29 is 4.74 Å². The van der Waals surface area contributed by atoms with E-state index in [1.165, 1.54) is 24.0 Å². The summed E-state index contributed by atoms with van der Waals surface area (Å²) in [6.45, 7) is 10.4. The standard InChI is InChI=1S/C19H28O/c1-6-16-10-13-18(14-11-16)19(8-3)17(7-2)12-9-15(4)20-5/h7,9-10,12-14,16,19H,4,6,8,11H2,1-3,5H3/b12-9-,17-7+. The minimum Gasteiger partial charge on any atom is -0.497 e. The normalized spacial score (nSPS) is 20.9. The van der Waals surface area contributed by atoms with Crippen molar-refractivity contribution >= 4 is 0 Å². The van der Waals surface area contributed by atoms with Crippen LogP contribution in [0.2, 0.25) is 0 Å². The Hall–Kier alpha value is -1.50. The Morgan fingerprint density at radius 1 is 1.45 bits per heavy atom. The molecule has 20 heavy (non-hydrogen) atoms. The summed E-state index contributed by atoms with van der Waals surface area (Å²) in [5.41, 5.74) is 2.77. The van der Waals surface area contributed by atoms with E-state index >= 15 is 0 Å². The zero-order valence-corrected chi connectivity index (χ0v) is 13.4. The molecule has 110 valence electrons. The first-order valence-corrected chi connectivity index (χ1v) is 7.61. The van der Waals surface area contributed by atoms with E-state index in [2.05, 4.69) is 57.7 Å². The summed E-state index contributed by atoms with van der Waals surface area (Å²) in [6, 6.07) is 0. The molecule has 0 bridgehead atoms. The van der Waals surface area contributed by atoms with Gasteiger partial charge in [-0.05, 0) is 49.3 Å². The molecular weight excluding hydrogens is 244 g/mol. The summed E-state index contributed by atoms with van der Waals surface area (Å²) in [7, 11) is 1.65. The molecule has 0 fully saturated rings. The summed E-state index contributed by atoms with van der Waals surface area (Å²) in [6.07, 6.45) is 16.8. The van der Waals surface area contributed by atoms with Gasteiger partial charge in [0.2, 0.25) is 0 Å². The Labute approximate surface area is 124 Å². The molecule has 0 aromatic carbocycles. The van der Waals surface area contributed by atoms with Crippen LogP contribution in [0, 0.1) is 11.8 Å². The van der Waals surface area contributed by atoms with E-state index in [0.29, 0.717) is 17.6 Å². The molecule has 1 heteroatoms. The van der Waals surface area contributed by atoms with E-state index in [-0.39, 0.29) is 0 Å². The molecule has 1 rings (SSSR count). The van der Waals surface area contributed by atoms with Gasteiger partial charge in [0, 0.05) is 5.92 Å². The van der Waals surface area contributed by atoms with Crippen molar-refractivity contribution in [1.82, 2.24) is 0 Å². The number of methoxy groups -OCH3 is 1. The summed E-state index contributed by atoms with van der Waals surface area (Å²) >= 11 is 0. The van der Waals surface area contributed by atoms with Crippen LogP contribution in [0.25, 0.3) is 0 Å². The molecule has 0 heterocycles. The van der Waals surface area contributed by atoms with Crippen LogP contribution in [0.1, 0.15) is 40.0 Å². The molecule has 0 saturated carbocycles. The second-order valence-corrected chi connectivity index (χ2v) is 5.22. The number of hydrogen-bond acceptors (Lipinski definition) is 1. The highest BCUT2D eigenvalue weighted by Crippen LogP contribution is 2.31. The Morgan fingerprint density at radius 3 is 2.65 bits per heavy atom. The molecule has 2 atom stereocenters. The van der Waals surface area contributed by atoms with Gasteiger partial charge in [-0.1, -0.05) is 50.8 Å². The third kappa shape index (κ3) is 4.56. The van der Waals surface area contributed by atoms with Gasteiger partial charge in [-0.25, -0.2) is 0 Å². The van der Waals surface area contributed by atoms with Crippen LogP contribution in [-0.4, -0.2) is 7.11 Å². The second-order valence-electron chi connectivity index (χ2n) is 5.22. The molecule has 0 aromatic rings. The van der Waals surface area contributed by atoms with Gasteiger partial charge >= 0.3 is 0 Å². The smallest absolute Gasteiger partial charge is 0.111 e. The van der Waals surface area contributed by atoms with Gasteiger partial charge in [-0.15, -0.1) is 0 Å². The predicted molar refractivity (Wildman–Crippen MR) is 88.4 cm³/mol. The third-order valence-corrected chi connectivity index (χ3v) is 4.01. The summed E-state index contributed by atoms with van der Waals surface area (Å²) < 4.78 is 5.10. The van der Waals surface area contributed by atoms with E-state index in [1.54, 1.807) is 7.11 Å². The fraction of sp³-hybridized carbons (Fsp3) is 0.474. The zero-order valence-electron chi connectivity index (χ0n) is 13.4. The lowest BCUT2D eigenvalue weighted by molar-refractivity contribution is 0.308. The average Bonchev–Trinajstić information content (AvgIpc) is 2.51. The van der Waals surface area contributed by atoms with Gasteiger partial charge in [0.05, 0.1) is 7.11 Å². The largest absolute Gasteiger partial charge is 0.497 e. The SMILES string of the molecule is C=C(/C=C\C(=C/C)C(CC)C1=CCC(CC)C=C1)OC. The highest BCUT2D eigenvalue weighted by atomic mass is 16.5. The van der Waals surface area contributed by atoms with Crippen LogP contribution in [0.5, 0.6) is 0 Å². The zero-order chi connectivity index (χ0) is 15.0. The average molecular weight is 272 g/mol. The number of allylic oxidation sites excluding steroid dienone is 8. The van der Waals surface area contributed by atoms with Gasteiger partial charge in [-0.3, -0.25) is 0 Å². The van der Waals surface area contributed by atoms with Crippen molar-refractivity contribution in [3.8, 4) is 0 Å². The Balaban J connectivity index is 2.84. The van der Waals surface area contributed by atoms with Gasteiger partial charge in [0.1, 0.15) is 5.76 Å². The monoisotopic (exact) mass is 272 g/mol. The molecule has 1 nitrogen and oxygen atoms in total. The molecule has 0 saturated heterocycles. The first-order valence-electron chi connectivity index (χ1n) is 7.61. The number of hydrogen-bond donors (Lipinski definition) is 0. The molecule has 0 spiro atoms. The van der Waals surface area contributed by atoms with E-state index in [9.17, 15) is 0 Å². The molecule has 1 aliphatic carbocycles. The van der Waals surface area contributed by atoms with Gasteiger partial charge in [0.15, 0.2) is 0 Å². The van der Waals surface area contributed by atoms with Crippen LogP contribution in [0.15, 0.2) is 59.9 Å². The Morgan fingerprint density at radius 2 is 2.20 bits per heavy atom. The first-order chi connectivity index (χ1) is 9.65. The highest BCUT2D eigenvalue weighted by Gasteiger charge is 2.16. The fourth-order valence-electron chi connectivity index (χ4n) is 2.58. The van der Waals surface area contributed by atoms with Crippen LogP contribution >= 0.6 is 0 Å². The summed E-state index contributed by atoms with van der Waals surface area (Å²) in [4.78, 5) is 0. The minimum absolute atomic E-state index is 0.468. The lowest BCUT2D eigenvalue weighted by atomic mass is 9.83. The molecule has 0 aliphatic heterocycles. The van der Waals surface area contributed by atoms with Crippen LogP contribution < -0.4 is 0 Å². The number of rotatable bonds is 7. The van der Waals surface area contributed by atoms with Crippen molar-refractivity contribution in [2.24, 2.45) is 11.8 Å². The van der Waals surface area contributed by atoms with Gasteiger partial charge in [-0.2, -0.15) is 0 Å². The van der Waals surface area contributed by atoms with Crippen molar-refractivity contribution in [3.63, 3.8) is 0 Å². The molecule has 0 N–H and O–H groups in total.